The van der Waals surface area contributed by atoms with E-state index in [2.05, 4.69) is 50.0 Å². The summed E-state index contributed by atoms with van der Waals surface area (Å²) in [6.07, 6.45) is 1.26. The molecule has 2 nitrogen and oxygen atoms in total. The van der Waals surface area contributed by atoms with Crippen molar-refractivity contribution in [1.82, 2.24) is 4.98 Å². The van der Waals surface area contributed by atoms with Crippen LogP contribution in [0.2, 0.25) is 0 Å². The molecule has 1 aromatic heterocycles. The van der Waals surface area contributed by atoms with E-state index >= 15 is 0 Å². The Balaban J connectivity index is 2.23. The van der Waals surface area contributed by atoms with Crippen molar-refractivity contribution in [2.75, 3.05) is 0 Å². The van der Waals surface area contributed by atoms with Crippen LogP contribution in [0.25, 0.3) is 0 Å². The van der Waals surface area contributed by atoms with E-state index in [0.717, 1.165) is 15.5 Å². The maximum Gasteiger partial charge on any atom is 0.106 e. The van der Waals surface area contributed by atoms with E-state index in [1.807, 2.05) is 12.1 Å². The summed E-state index contributed by atoms with van der Waals surface area (Å²) in [5.41, 5.74) is 2.36. The lowest BCUT2D eigenvalue weighted by atomic mass is 9.87. The quantitative estimate of drug-likeness (QED) is 0.896. The van der Waals surface area contributed by atoms with Gasteiger partial charge in [-0.05, 0) is 36.1 Å². The zero-order chi connectivity index (χ0) is 14.8. The fourth-order valence-corrected chi connectivity index (χ4v) is 2.91. The van der Waals surface area contributed by atoms with Gasteiger partial charge in [-0.25, -0.2) is 4.98 Å². The minimum absolute atomic E-state index is 0.166. The topological polar surface area (TPSA) is 33.1 Å². The second-order valence-corrected chi connectivity index (χ2v) is 7.01. The van der Waals surface area contributed by atoms with Gasteiger partial charge in [0.05, 0.1) is 6.10 Å². The van der Waals surface area contributed by atoms with Crippen LogP contribution >= 0.6 is 11.8 Å². The third-order valence-corrected chi connectivity index (χ3v) is 4.23. The Hall–Kier alpha value is -1.32. The maximum absolute atomic E-state index is 9.78. The molecule has 1 aromatic carbocycles. The van der Waals surface area contributed by atoms with Crippen molar-refractivity contribution >= 4 is 11.8 Å². The van der Waals surface area contributed by atoms with Crippen LogP contribution in [0.15, 0.2) is 52.5 Å². The monoisotopic (exact) mass is 287 g/mol. The number of benzene rings is 1. The van der Waals surface area contributed by atoms with Crippen LogP contribution in [0.1, 0.15) is 44.9 Å². The summed E-state index contributed by atoms with van der Waals surface area (Å²) < 4.78 is 0. The van der Waals surface area contributed by atoms with Crippen LogP contribution in [-0.2, 0) is 5.41 Å². The van der Waals surface area contributed by atoms with Gasteiger partial charge in [0.25, 0.3) is 0 Å². The van der Waals surface area contributed by atoms with Gasteiger partial charge in [0.1, 0.15) is 5.03 Å². The van der Waals surface area contributed by atoms with Crippen molar-refractivity contribution in [3.63, 3.8) is 0 Å². The van der Waals surface area contributed by atoms with Gasteiger partial charge in [-0.3, -0.25) is 0 Å². The normalized spacial score (nSPS) is 13.2. The van der Waals surface area contributed by atoms with Crippen LogP contribution in [-0.4, -0.2) is 10.1 Å². The number of pyridine rings is 1. The highest BCUT2D eigenvalue weighted by Gasteiger charge is 2.14. The van der Waals surface area contributed by atoms with Crippen LogP contribution in [0.3, 0.4) is 0 Å². The number of rotatable bonds is 3. The van der Waals surface area contributed by atoms with Gasteiger partial charge >= 0.3 is 0 Å². The number of nitrogens with zero attached hydrogens (tertiary/aromatic N) is 1. The van der Waals surface area contributed by atoms with E-state index in [1.54, 1.807) is 24.9 Å². The van der Waals surface area contributed by atoms with E-state index in [0.29, 0.717) is 0 Å². The molecule has 0 bridgehead atoms. The maximum atomic E-state index is 9.78. The van der Waals surface area contributed by atoms with Crippen molar-refractivity contribution in [1.29, 1.82) is 0 Å². The van der Waals surface area contributed by atoms with Crippen LogP contribution in [0, 0.1) is 0 Å². The van der Waals surface area contributed by atoms with Gasteiger partial charge in [-0.1, -0.05) is 50.7 Å². The lowest BCUT2D eigenvalue weighted by Crippen LogP contribution is -2.10. The first-order valence-corrected chi connectivity index (χ1v) is 7.61. The minimum atomic E-state index is -0.500. The Morgan fingerprint density at radius 1 is 1.10 bits per heavy atom. The zero-order valence-electron chi connectivity index (χ0n) is 12.4. The van der Waals surface area contributed by atoms with Gasteiger partial charge in [0.2, 0.25) is 0 Å². The predicted molar refractivity (Wildman–Crippen MR) is 84.1 cm³/mol. The van der Waals surface area contributed by atoms with Crippen molar-refractivity contribution in [3.8, 4) is 0 Å². The summed E-state index contributed by atoms with van der Waals surface area (Å²) in [6.45, 7) is 8.39. The summed E-state index contributed by atoms with van der Waals surface area (Å²) in [6, 6.07) is 12.3. The number of hydrogen-bond acceptors (Lipinski definition) is 3. The largest absolute Gasteiger partial charge is 0.389 e. The van der Waals surface area contributed by atoms with Gasteiger partial charge in [-0.2, -0.15) is 0 Å². The molecule has 2 rings (SSSR count). The molecular formula is C17H21NOS. The Morgan fingerprint density at radius 2 is 1.75 bits per heavy atom. The molecule has 1 atom stereocenters. The minimum Gasteiger partial charge on any atom is -0.389 e. The van der Waals surface area contributed by atoms with Gasteiger partial charge in [-0.15, -0.1) is 0 Å². The molecule has 0 radical (unpaired) electrons. The second kappa shape index (κ2) is 5.98. The van der Waals surface area contributed by atoms with E-state index < -0.39 is 6.10 Å². The van der Waals surface area contributed by atoms with E-state index in [-0.39, 0.29) is 5.41 Å². The molecule has 20 heavy (non-hydrogen) atoms. The highest BCUT2D eigenvalue weighted by atomic mass is 32.2. The van der Waals surface area contributed by atoms with Crippen LogP contribution in [0.4, 0.5) is 0 Å². The molecule has 3 heteroatoms. The highest BCUT2D eigenvalue weighted by molar-refractivity contribution is 7.99. The fraction of sp³-hybridized carbons (Fsp3) is 0.353. The first-order chi connectivity index (χ1) is 9.38. The molecule has 2 aromatic rings. The lowest BCUT2D eigenvalue weighted by Gasteiger charge is -2.19. The number of hydrogen-bond donors (Lipinski definition) is 1. The summed E-state index contributed by atoms with van der Waals surface area (Å²) in [5, 5.41) is 10.6. The van der Waals surface area contributed by atoms with Gasteiger partial charge in [0, 0.05) is 16.7 Å². The van der Waals surface area contributed by atoms with E-state index in [1.165, 1.54) is 5.56 Å². The van der Waals surface area contributed by atoms with Crippen LogP contribution < -0.4 is 0 Å². The molecular weight excluding hydrogens is 266 g/mol. The summed E-state index contributed by atoms with van der Waals surface area (Å²) in [4.78, 5) is 5.51. The van der Waals surface area contributed by atoms with Crippen molar-refractivity contribution in [3.05, 3.63) is 53.7 Å². The molecule has 0 aliphatic heterocycles. The third-order valence-electron chi connectivity index (χ3n) is 3.19. The Bertz CT molecular complexity index is 570. The number of aromatic nitrogens is 1. The Morgan fingerprint density at radius 3 is 2.30 bits per heavy atom. The molecule has 0 aliphatic rings. The molecule has 0 spiro atoms. The molecule has 0 saturated carbocycles. The van der Waals surface area contributed by atoms with E-state index in [9.17, 15) is 5.11 Å². The van der Waals surface area contributed by atoms with Gasteiger partial charge < -0.3 is 5.11 Å². The predicted octanol–water partition coefficient (Wildman–Crippen LogP) is 4.58. The molecule has 106 valence electrons. The molecule has 0 saturated heterocycles. The average Bonchev–Trinajstić information content (AvgIpc) is 2.38. The average molecular weight is 287 g/mol. The van der Waals surface area contributed by atoms with Gasteiger partial charge in [0.15, 0.2) is 0 Å². The Labute approximate surface area is 125 Å². The third kappa shape index (κ3) is 3.62. The summed E-state index contributed by atoms with van der Waals surface area (Å²) >= 11 is 1.59. The smallest absolute Gasteiger partial charge is 0.106 e. The molecule has 0 fully saturated rings. The number of aliphatic hydroxyl groups is 1. The number of aliphatic hydroxyl groups excluding tert-OH is 1. The molecule has 0 amide bonds. The zero-order valence-corrected chi connectivity index (χ0v) is 13.2. The van der Waals surface area contributed by atoms with Crippen molar-refractivity contribution in [2.45, 2.75) is 49.1 Å². The first kappa shape index (κ1) is 15.1. The summed E-state index contributed by atoms with van der Waals surface area (Å²) in [5.74, 6) is 0. The highest BCUT2D eigenvalue weighted by Crippen LogP contribution is 2.32. The van der Waals surface area contributed by atoms with Crippen molar-refractivity contribution < 1.29 is 5.11 Å². The standard InChI is InChI=1S/C17H21NOS/c1-12(19)15-6-5-11-18-16(15)20-14-9-7-13(8-10-14)17(2,3)4/h5-12,19H,1-4H3. The Kier molecular flexibility index (Phi) is 4.51. The molecule has 1 unspecified atom stereocenters. The SMILES string of the molecule is CC(O)c1cccnc1Sc1ccc(C(C)(C)C)cc1. The summed E-state index contributed by atoms with van der Waals surface area (Å²) in [7, 11) is 0. The lowest BCUT2D eigenvalue weighted by molar-refractivity contribution is 0.195. The first-order valence-electron chi connectivity index (χ1n) is 6.79. The fourth-order valence-electron chi connectivity index (χ4n) is 1.94. The molecule has 1 heterocycles. The molecule has 0 aliphatic carbocycles. The van der Waals surface area contributed by atoms with Crippen molar-refractivity contribution in [2.24, 2.45) is 0 Å². The second-order valence-electron chi connectivity index (χ2n) is 5.95. The van der Waals surface area contributed by atoms with E-state index in [4.69, 9.17) is 0 Å². The molecule has 1 N–H and O–H groups in total. The van der Waals surface area contributed by atoms with Crippen LogP contribution in [0.5, 0.6) is 0 Å².